The van der Waals surface area contributed by atoms with Gasteiger partial charge in [0, 0.05) is 52.5 Å². The maximum atomic E-state index is 12.5. The molecule has 1 fully saturated rings. The number of halogens is 4. The molecule has 166 valence electrons. The summed E-state index contributed by atoms with van der Waals surface area (Å²) in [6.07, 6.45) is -3.56. The highest BCUT2D eigenvalue weighted by Crippen LogP contribution is 2.18. The lowest BCUT2D eigenvalue weighted by atomic mass is 10.3. The molecule has 0 bridgehead atoms. The van der Waals surface area contributed by atoms with Crippen molar-refractivity contribution in [1.82, 2.24) is 19.9 Å². The van der Waals surface area contributed by atoms with Crippen molar-refractivity contribution >= 4 is 45.8 Å². The molecule has 0 radical (unpaired) electrons. The number of pyridine rings is 1. The molecule has 2 heterocycles. The van der Waals surface area contributed by atoms with Crippen molar-refractivity contribution in [2.75, 3.05) is 57.0 Å². The van der Waals surface area contributed by atoms with Gasteiger partial charge in [0.1, 0.15) is 5.82 Å². The number of nitrogens with one attached hydrogen (secondary N) is 2. The van der Waals surface area contributed by atoms with Crippen molar-refractivity contribution in [3.63, 3.8) is 0 Å². The second kappa shape index (κ2) is 11.7. The first kappa shape index (κ1) is 25.7. The Bertz CT molecular complexity index is 741. The maximum absolute atomic E-state index is 12.5. The molecule has 2 rings (SSSR count). The van der Waals surface area contributed by atoms with Crippen molar-refractivity contribution < 1.29 is 21.6 Å². The molecule has 2 N–H and O–H groups in total. The third kappa shape index (κ3) is 8.90. The summed E-state index contributed by atoms with van der Waals surface area (Å²) in [7, 11) is -2.06. The van der Waals surface area contributed by atoms with Crippen LogP contribution >= 0.6 is 24.0 Å². The zero-order chi connectivity index (χ0) is 20.6. The third-order valence-electron chi connectivity index (χ3n) is 4.18. The number of aromatic nitrogens is 1. The molecule has 29 heavy (non-hydrogen) atoms. The summed E-state index contributed by atoms with van der Waals surface area (Å²) >= 11 is 0. The number of nitrogens with zero attached hydrogens (tertiary/aromatic N) is 4. The lowest BCUT2D eigenvalue weighted by Crippen LogP contribution is -2.50. The minimum Gasteiger partial charge on any atom is -0.356 e. The minimum atomic E-state index is -4.26. The number of piperazine rings is 1. The fourth-order valence-corrected chi connectivity index (χ4v) is 4.04. The lowest BCUT2D eigenvalue weighted by Gasteiger charge is -2.34. The van der Waals surface area contributed by atoms with Gasteiger partial charge in [-0.05, 0) is 12.1 Å². The van der Waals surface area contributed by atoms with Gasteiger partial charge in [0.25, 0.3) is 0 Å². The van der Waals surface area contributed by atoms with Crippen LogP contribution in [0.5, 0.6) is 0 Å². The average molecular weight is 550 g/mol. The van der Waals surface area contributed by atoms with Gasteiger partial charge in [-0.25, -0.2) is 13.4 Å². The Morgan fingerprint density at radius 2 is 1.83 bits per heavy atom. The molecule has 0 amide bonds. The van der Waals surface area contributed by atoms with Crippen LogP contribution in [0.25, 0.3) is 0 Å². The first-order chi connectivity index (χ1) is 13.2. The molecule has 0 aromatic carbocycles. The predicted octanol–water partition coefficient (Wildman–Crippen LogP) is 1.27. The van der Waals surface area contributed by atoms with Crippen LogP contribution in [0.3, 0.4) is 0 Å². The van der Waals surface area contributed by atoms with Gasteiger partial charge in [0.05, 0.1) is 12.2 Å². The number of alkyl halides is 3. The number of hydrogen-bond acceptors (Lipinski definition) is 5. The Morgan fingerprint density at radius 1 is 1.17 bits per heavy atom. The van der Waals surface area contributed by atoms with Crippen molar-refractivity contribution in [2.24, 2.45) is 4.99 Å². The summed E-state index contributed by atoms with van der Waals surface area (Å²) in [6.45, 7) is 1.53. The molecule has 8 nitrogen and oxygen atoms in total. The molecule has 0 saturated carbocycles. The van der Waals surface area contributed by atoms with Crippen LogP contribution in [0.2, 0.25) is 0 Å². The van der Waals surface area contributed by atoms with E-state index in [9.17, 15) is 21.6 Å². The van der Waals surface area contributed by atoms with Crippen LogP contribution in [-0.4, -0.2) is 81.9 Å². The Labute approximate surface area is 186 Å². The van der Waals surface area contributed by atoms with Crippen LogP contribution in [-0.2, 0) is 10.0 Å². The molecule has 0 unspecified atom stereocenters. The van der Waals surface area contributed by atoms with E-state index in [1.807, 2.05) is 23.1 Å². The van der Waals surface area contributed by atoms with Gasteiger partial charge in [0.2, 0.25) is 10.0 Å². The molecule has 0 aliphatic carbocycles. The fourth-order valence-electron chi connectivity index (χ4n) is 2.71. The lowest BCUT2D eigenvalue weighted by molar-refractivity contribution is -0.132. The van der Waals surface area contributed by atoms with Crippen molar-refractivity contribution in [1.29, 1.82) is 0 Å². The Morgan fingerprint density at radius 3 is 2.38 bits per heavy atom. The second-order valence-electron chi connectivity index (χ2n) is 6.18. The van der Waals surface area contributed by atoms with E-state index in [-0.39, 0.29) is 48.8 Å². The van der Waals surface area contributed by atoms with E-state index in [4.69, 9.17) is 0 Å². The van der Waals surface area contributed by atoms with Gasteiger partial charge in [-0.1, -0.05) is 6.07 Å². The smallest absolute Gasteiger partial charge is 0.356 e. The number of rotatable bonds is 7. The SMILES string of the molecule is CN=C(NCCC(F)(F)F)NCCS(=O)(=O)N1CCN(c2ccccn2)CC1.I. The highest BCUT2D eigenvalue weighted by atomic mass is 127. The predicted molar refractivity (Wildman–Crippen MR) is 117 cm³/mol. The highest BCUT2D eigenvalue weighted by molar-refractivity contribution is 14.0. The summed E-state index contributed by atoms with van der Waals surface area (Å²) in [4.78, 5) is 10.1. The molecule has 1 aliphatic heterocycles. The van der Waals surface area contributed by atoms with E-state index in [2.05, 4.69) is 20.6 Å². The van der Waals surface area contributed by atoms with E-state index < -0.39 is 22.6 Å². The Balaban J connectivity index is 0.00000420. The van der Waals surface area contributed by atoms with Gasteiger partial charge in [-0.15, -0.1) is 24.0 Å². The quantitative estimate of drug-likeness (QED) is 0.302. The van der Waals surface area contributed by atoms with E-state index in [1.165, 1.54) is 11.4 Å². The topological polar surface area (TPSA) is 89.9 Å². The zero-order valence-electron chi connectivity index (χ0n) is 16.0. The molecule has 1 aliphatic rings. The van der Waals surface area contributed by atoms with E-state index in [0.717, 1.165) is 5.82 Å². The number of aliphatic imine (C=N–C) groups is 1. The van der Waals surface area contributed by atoms with Gasteiger partial charge in [-0.3, -0.25) is 4.99 Å². The number of hydrogen-bond donors (Lipinski definition) is 2. The zero-order valence-corrected chi connectivity index (χ0v) is 19.2. The third-order valence-corrected chi connectivity index (χ3v) is 6.05. The molecule has 0 spiro atoms. The summed E-state index contributed by atoms with van der Waals surface area (Å²) in [5.74, 6) is 0.783. The number of anilines is 1. The molecule has 1 saturated heterocycles. The molecular weight excluding hydrogens is 524 g/mol. The van der Waals surface area contributed by atoms with Crippen LogP contribution in [0, 0.1) is 0 Å². The molecule has 13 heteroatoms. The second-order valence-corrected chi connectivity index (χ2v) is 8.27. The number of sulfonamides is 1. The largest absolute Gasteiger partial charge is 0.390 e. The van der Waals surface area contributed by atoms with Gasteiger partial charge >= 0.3 is 6.18 Å². The summed E-state index contributed by atoms with van der Waals surface area (Å²) in [5, 5.41) is 5.24. The van der Waals surface area contributed by atoms with Crippen molar-refractivity contribution in [3.05, 3.63) is 24.4 Å². The van der Waals surface area contributed by atoms with Crippen LogP contribution < -0.4 is 15.5 Å². The van der Waals surface area contributed by atoms with Crippen molar-refractivity contribution in [2.45, 2.75) is 12.6 Å². The summed E-state index contributed by atoms with van der Waals surface area (Å²) in [6, 6.07) is 5.58. The van der Waals surface area contributed by atoms with E-state index >= 15 is 0 Å². The van der Waals surface area contributed by atoms with Gasteiger partial charge in [0.15, 0.2) is 5.96 Å². The summed E-state index contributed by atoms with van der Waals surface area (Å²) < 4.78 is 62.9. The van der Waals surface area contributed by atoms with E-state index in [1.54, 1.807) is 6.20 Å². The fraction of sp³-hybridized carbons (Fsp3) is 0.625. The first-order valence-corrected chi connectivity index (χ1v) is 10.5. The standard InChI is InChI=1S/C16H25F3N6O2S.HI/c1-20-15(22-7-5-16(17,18)19)23-8-13-28(26,27)25-11-9-24(10-12-25)14-4-2-3-6-21-14;/h2-4,6H,5,7-13H2,1H3,(H2,20,22,23);1H. The van der Waals surface area contributed by atoms with Gasteiger partial charge < -0.3 is 15.5 Å². The highest BCUT2D eigenvalue weighted by Gasteiger charge is 2.28. The maximum Gasteiger partial charge on any atom is 0.390 e. The Hall–Kier alpha value is -1.35. The average Bonchev–Trinajstić information content (AvgIpc) is 2.66. The minimum absolute atomic E-state index is 0. The monoisotopic (exact) mass is 550 g/mol. The van der Waals surface area contributed by atoms with E-state index in [0.29, 0.717) is 26.2 Å². The molecule has 0 atom stereocenters. The summed E-state index contributed by atoms with van der Waals surface area (Å²) in [5.41, 5.74) is 0. The van der Waals surface area contributed by atoms with Crippen LogP contribution in [0.4, 0.5) is 19.0 Å². The molecule has 1 aromatic heterocycles. The van der Waals surface area contributed by atoms with Crippen molar-refractivity contribution in [3.8, 4) is 0 Å². The van der Waals surface area contributed by atoms with Crippen LogP contribution in [0.15, 0.2) is 29.4 Å². The Kier molecular flexibility index (Phi) is 10.4. The normalized spacial score (nSPS) is 16.3. The molecule has 1 aromatic rings. The number of guanidine groups is 1. The first-order valence-electron chi connectivity index (χ1n) is 8.86. The van der Waals surface area contributed by atoms with Gasteiger partial charge in [-0.2, -0.15) is 17.5 Å². The van der Waals surface area contributed by atoms with Crippen LogP contribution in [0.1, 0.15) is 6.42 Å². The molecular formula is C16H26F3IN6O2S.